The molecule has 0 saturated heterocycles. The number of hydrogen-bond donors (Lipinski definition) is 1. The fourth-order valence-corrected chi connectivity index (χ4v) is 3.21. The van der Waals surface area contributed by atoms with E-state index in [2.05, 4.69) is 49.3 Å². The molecule has 0 bridgehead atoms. The van der Waals surface area contributed by atoms with E-state index in [1.54, 1.807) is 11.3 Å². The van der Waals surface area contributed by atoms with Gasteiger partial charge in [0.1, 0.15) is 0 Å². The summed E-state index contributed by atoms with van der Waals surface area (Å²) in [5.41, 5.74) is 2.57. The number of rotatable bonds is 5. The van der Waals surface area contributed by atoms with Crippen molar-refractivity contribution < 1.29 is 0 Å². The Morgan fingerprint density at radius 3 is 2.78 bits per heavy atom. The van der Waals surface area contributed by atoms with Gasteiger partial charge >= 0.3 is 0 Å². The third-order valence-electron chi connectivity index (χ3n) is 3.47. The molecule has 1 atom stereocenters. The molecule has 1 N–H and O–H groups in total. The van der Waals surface area contributed by atoms with Gasteiger partial charge in [0.05, 0.1) is 15.2 Å². The lowest BCUT2D eigenvalue weighted by atomic mass is 9.89. The van der Waals surface area contributed by atoms with Crippen molar-refractivity contribution in [1.82, 2.24) is 10.3 Å². The zero-order valence-corrected chi connectivity index (χ0v) is 12.5. The van der Waals surface area contributed by atoms with Gasteiger partial charge < -0.3 is 5.32 Å². The SMILES string of the molecule is CNCC(Cc1ccc2nc(C)sc2c1)C(C)C. The lowest BCUT2D eigenvalue weighted by Gasteiger charge is -2.20. The van der Waals surface area contributed by atoms with Crippen LogP contribution in [0.4, 0.5) is 0 Å². The largest absolute Gasteiger partial charge is 0.319 e. The molecule has 2 rings (SSSR count). The van der Waals surface area contributed by atoms with Gasteiger partial charge in [-0.25, -0.2) is 4.98 Å². The predicted molar refractivity (Wildman–Crippen MR) is 80.3 cm³/mol. The van der Waals surface area contributed by atoms with E-state index in [9.17, 15) is 0 Å². The molecule has 1 aromatic heterocycles. The van der Waals surface area contributed by atoms with Gasteiger partial charge in [-0.1, -0.05) is 19.9 Å². The Balaban J connectivity index is 2.19. The van der Waals surface area contributed by atoms with Gasteiger partial charge in [0, 0.05) is 0 Å². The van der Waals surface area contributed by atoms with Crippen LogP contribution < -0.4 is 5.32 Å². The van der Waals surface area contributed by atoms with Crippen LogP contribution in [0.2, 0.25) is 0 Å². The lowest BCUT2D eigenvalue weighted by molar-refractivity contribution is 0.370. The maximum absolute atomic E-state index is 4.51. The average Bonchev–Trinajstić information content (AvgIpc) is 2.67. The Morgan fingerprint density at radius 1 is 1.33 bits per heavy atom. The van der Waals surface area contributed by atoms with E-state index in [1.165, 1.54) is 10.3 Å². The molecule has 0 saturated carbocycles. The highest BCUT2D eigenvalue weighted by Crippen LogP contribution is 2.25. The topological polar surface area (TPSA) is 24.9 Å². The summed E-state index contributed by atoms with van der Waals surface area (Å²) < 4.78 is 1.32. The van der Waals surface area contributed by atoms with Crippen LogP contribution in [0.25, 0.3) is 10.2 Å². The number of hydrogen-bond acceptors (Lipinski definition) is 3. The Hall–Kier alpha value is -0.930. The first kappa shape index (κ1) is 13.5. The molecule has 0 spiro atoms. The summed E-state index contributed by atoms with van der Waals surface area (Å²) >= 11 is 1.79. The minimum atomic E-state index is 0.696. The molecule has 0 aliphatic carbocycles. The van der Waals surface area contributed by atoms with Crippen molar-refractivity contribution in [2.24, 2.45) is 11.8 Å². The molecule has 2 aromatic rings. The summed E-state index contributed by atoms with van der Waals surface area (Å²) in [5, 5.41) is 4.45. The van der Waals surface area contributed by atoms with Gasteiger partial charge in [0.25, 0.3) is 0 Å². The van der Waals surface area contributed by atoms with Crippen molar-refractivity contribution in [3.05, 3.63) is 28.8 Å². The van der Waals surface area contributed by atoms with Gasteiger partial charge in [-0.15, -0.1) is 11.3 Å². The highest BCUT2D eigenvalue weighted by Gasteiger charge is 2.13. The minimum absolute atomic E-state index is 0.696. The quantitative estimate of drug-likeness (QED) is 0.890. The molecule has 0 amide bonds. The molecular weight excluding hydrogens is 240 g/mol. The molecule has 3 heteroatoms. The minimum Gasteiger partial charge on any atom is -0.319 e. The van der Waals surface area contributed by atoms with E-state index in [-0.39, 0.29) is 0 Å². The van der Waals surface area contributed by atoms with Crippen molar-refractivity contribution >= 4 is 21.6 Å². The van der Waals surface area contributed by atoms with Crippen LogP contribution in [0.1, 0.15) is 24.4 Å². The molecular formula is C15H22N2S. The highest BCUT2D eigenvalue weighted by molar-refractivity contribution is 7.18. The fraction of sp³-hybridized carbons (Fsp3) is 0.533. The van der Waals surface area contributed by atoms with Gasteiger partial charge in [-0.3, -0.25) is 0 Å². The Morgan fingerprint density at radius 2 is 2.11 bits per heavy atom. The van der Waals surface area contributed by atoms with E-state index in [0.717, 1.165) is 23.5 Å². The van der Waals surface area contributed by atoms with Crippen LogP contribution in [0.3, 0.4) is 0 Å². The smallest absolute Gasteiger partial charge is 0.0907 e. The van der Waals surface area contributed by atoms with E-state index in [0.29, 0.717) is 11.8 Å². The fourth-order valence-electron chi connectivity index (χ4n) is 2.32. The van der Waals surface area contributed by atoms with Crippen LogP contribution in [0, 0.1) is 18.8 Å². The van der Waals surface area contributed by atoms with Gasteiger partial charge in [-0.2, -0.15) is 0 Å². The number of aryl methyl sites for hydroxylation is 1. The second-order valence-electron chi connectivity index (χ2n) is 5.30. The molecule has 0 aliphatic rings. The normalized spacial score (nSPS) is 13.4. The van der Waals surface area contributed by atoms with E-state index in [1.807, 2.05) is 7.05 Å². The lowest BCUT2D eigenvalue weighted by Crippen LogP contribution is -2.25. The zero-order chi connectivity index (χ0) is 13.1. The average molecular weight is 262 g/mol. The number of aromatic nitrogens is 1. The monoisotopic (exact) mass is 262 g/mol. The highest BCUT2D eigenvalue weighted by atomic mass is 32.1. The van der Waals surface area contributed by atoms with E-state index < -0.39 is 0 Å². The second-order valence-corrected chi connectivity index (χ2v) is 6.54. The molecule has 0 radical (unpaired) electrons. The van der Waals surface area contributed by atoms with Gasteiger partial charge in [-0.05, 0) is 56.5 Å². The molecule has 18 heavy (non-hydrogen) atoms. The maximum atomic E-state index is 4.51. The number of benzene rings is 1. The van der Waals surface area contributed by atoms with Crippen molar-refractivity contribution in [2.45, 2.75) is 27.2 Å². The third-order valence-corrected chi connectivity index (χ3v) is 4.40. The first-order valence-electron chi connectivity index (χ1n) is 6.61. The van der Waals surface area contributed by atoms with E-state index in [4.69, 9.17) is 0 Å². The molecule has 1 aromatic carbocycles. The molecule has 0 aliphatic heterocycles. The van der Waals surface area contributed by atoms with Crippen LogP contribution >= 0.6 is 11.3 Å². The van der Waals surface area contributed by atoms with Crippen molar-refractivity contribution in [3.8, 4) is 0 Å². The number of nitrogens with zero attached hydrogens (tertiary/aromatic N) is 1. The van der Waals surface area contributed by atoms with Crippen molar-refractivity contribution in [3.63, 3.8) is 0 Å². The van der Waals surface area contributed by atoms with Crippen LogP contribution in [0.5, 0.6) is 0 Å². The van der Waals surface area contributed by atoms with Gasteiger partial charge in [0.15, 0.2) is 0 Å². The molecule has 98 valence electrons. The first-order valence-corrected chi connectivity index (χ1v) is 7.42. The molecule has 2 nitrogen and oxygen atoms in total. The summed E-state index contributed by atoms with van der Waals surface area (Å²) in [5.74, 6) is 1.40. The van der Waals surface area contributed by atoms with Crippen molar-refractivity contribution in [1.29, 1.82) is 0 Å². The van der Waals surface area contributed by atoms with Crippen LogP contribution in [-0.4, -0.2) is 18.6 Å². The number of thiazole rings is 1. The Bertz CT molecular complexity index is 516. The number of nitrogens with one attached hydrogen (secondary N) is 1. The van der Waals surface area contributed by atoms with Crippen LogP contribution in [0.15, 0.2) is 18.2 Å². The number of fused-ring (bicyclic) bond motifs is 1. The van der Waals surface area contributed by atoms with Crippen LogP contribution in [-0.2, 0) is 6.42 Å². The molecule has 1 unspecified atom stereocenters. The summed E-state index contributed by atoms with van der Waals surface area (Å²) in [6, 6.07) is 6.70. The summed E-state index contributed by atoms with van der Waals surface area (Å²) in [6.45, 7) is 7.76. The maximum Gasteiger partial charge on any atom is 0.0907 e. The van der Waals surface area contributed by atoms with E-state index >= 15 is 0 Å². The third kappa shape index (κ3) is 3.09. The predicted octanol–water partition coefficient (Wildman–Crippen LogP) is 3.64. The summed E-state index contributed by atoms with van der Waals surface area (Å²) in [6.07, 6.45) is 1.14. The standard InChI is InChI=1S/C15H22N2S/c1-10(2)13(9-16-4)7-12-5-6-14-15(8-12)18-11(3)17-14/h5-6,8,10,13,16H,7,9H2,1-4H3. The summed E-state index contributed by atoms with van der Waals surface area (Å²) in [4.78, 5) is 4.51. The Kier molecular flexibility index (Phi) is 4.36. The first-order chi connectivity index (χ1) is 8.60. The second kappa shape index (κ2) is 5.81. The summed E-state index contributed by atoms with van der Waals surface area (Å²) in [7, 11) is 2.03. The zero-order valence-electron chi connectivity index (χ0n) is 11.7. The Labute approximate surface area is 113 Å². The molecule has 0 fully saturated rings. The molecule has 1 heterocycles. The van der Waals surface area contributed by atoms with Crippen molar-refractivity contribution in [2.75, 3.05) is 13.6 Å². The van der Waals surface area contributed by atoms with Gasteiger partial charge in [0.2, 0.25) is 0 Å².